The van der Waals surface area contributed by atoms with Crippen LogP contribution in [0.1, 0.15) is 17.2 Å². The number of halogens is 4. The van der Waals surface area contributed by atoms with Crippen LogP contribution in [-0.4, -0.2) is 5.11 Å². The minimum atomic E-state index is -1.02. The fourth-order valence-electron chi connectivity index (χ4n) is 1.60. The summed E-state index contributed by atoms with van der Waals surface area (Å²) in [4.78, 5) is 0. The number of aliphatic hydroxyl groups is 1. The minimum absolute atomic E-state index is 0.0592. The molecule has 1 nitrogen and oxygen atoms in total. The fourth-order valence-corrected chi connectivity index (χ4v) is 3.17. The van der Waals surface area contributed by atoms with Gasteiger partial charge in [0.25, 0.3) is 0 Å². The molecule has 0 saturated heterocycles. The van der Waals surface area contributed by atoms with Gasteiger partial charge in [-0.05, 0) is 17.7 Å². The van der Waals surface area contributed by atoms with E-state index in [9.17, 15) is 13.9 Å². The largest absolute Gasteiger partial charge is 0.388 e. The normalized spacial score (nSPS) is 12.7. The third-order valence-corrected chi connectivity index (χ3v) is 4.00. The topological polar surface area (TPSA) is 20.2 Å². The van der Waals surface area contributed by atoms with Crippen molar-refractivity contribution in [2.24, 2.45) is 0 Å². The molecule has 0 aliphatic heterocycles. The van der Waals surface area contributed by atoms with Gasteiger partial charge in [-0.15, -0.1) is 11.3 Å². The SMILES string of the molecule is OC(Cc1cccc(F)c1F)c1cc(Cl)sc1Cl. The Morgan fingerprint density at radius 1 is 1.28 bits per heavy atom. The second kappa shape index (κ2) is 5.53. The Morgan fingerprint density at radius 3 is 2.61 bits per heavy atom. The smallest absolute Gasteiger partial charge is 0.162 e. The molecule has 0 spiro atoms. The molecule has 0 radical (unpaired) electrons. The Morgan fingerprint density at radius 2 is 2.00 bits per heavy atom. The van der Waals surface area contributed by atoms with Gasteiger partial charge in [0.1, 0.15) is 4.34 Å². The average Bonchev–Trinajstić information content (AvgIpc) is 2.64. The quantitative estimate of drug-likeness (QED) is 0.878. The summed E-state index contributed by atoms with van der Waals surface area (Å²) in [6.07, 6.45) is -1.08. The van der Waals surface area contributed by atoms with Crippen LogP contribution in [-0.2, 0) is 6.42 Å². The Kier molecular flexibility index (Phi) is 4.22. The zero-order valence-corrected chi connectivity index (χ0v) is 11.3. The molecular weight excluding hydrogens is 301 g/mol. The molecule has 1 aromatic carbocycles. The lowest BCUT2D eigenvalue weighted by molar-refractivity contribution is 0.177. The Bertz CT molecular complexity index is 571. The van der Waals surface area contributed by atoms with Crippen molar-refractivity contribution in [1.29, 1.82) is 0 Å². The molecule has 96 valence electrons. The van der Waals surface area contributed by atoms with Gasteiger partial charge in [-0.2, -0.15) is 0 Å². The maximum Gasteiger partial charge on any atom is 0.162 e. The van der Waals surface area contributed by atoms with E-state index in [4.69, 9.17) is 23.2 Å². The van der Waals surface area contributed by atoms with Crippen molar-refractivity contribution in [1.82, 2.24) is 0 Å². The summed E-state index contributed by atoms with van der Waals surface area (Å²) < 4.78 is 27.2. The molecule has 2 aromatic rings. The molecule has 1 unspecified atom stereocenters. The van der Waals surface area contributed by atoms with Crippen molar-refractivity contribution in [3.05, 3.63) is 55.7 Å². The van der Waals surface area contributed by atoms with E-state index in [2.05, 4.69) is 0 Å². The number of hydrogen-bond donors (Lipinski definition) is 1. The Balaban J connectivity index is 2.24. The highest BCUT2D eigenvalue weighted by molar-refractivity contribution is 7.20. The van der Waals surface area contributed by atoms with E-state index in [1.165, 1.54) is 18.2 Å². The van der Waals surface area contributed by atoms with Crippen LogP contribution in [0.15, 0.2) is 24.3 Å². The predicted molar refractivity (Wildman–Crippen MR) is 69.4 cm³/mol. The van der Waals surface area contributed by atoms with Crippen molar-refractivity contribution in [3.63, 3.8) is 0 Å². The first-order valence-corrected chi connectivity index (χ1v) is 6.62. The van der Waals surface area contributed by atoms with Crippen LogP contribution in [0.5, 0.6) is 0 Å². The van der Waals surface area contributed by atoms with Crippen LogP contribution in [0.2, 0.25) is 8.67 Å². The van der Waals surface area contributed by atoms with Gasteiger partial charge in [0.05, 0.1) is 10.4 Å². The zero-order chi connectivity index (χ0) is 13.3. The van der Waals surface area contributed by atoms with Gasteiger partial charge in [-0.25, -0.2) is 8.78 Å². The number of benzene rings is 1. The average molecular weight is 309 g/mol. The van der Waals surface area contributed by atoms with Crippen molar-refractivity contribution in [2.75, 3.05) is 0 Å². The summed E-state index contributed by atoms with van der Waals surface area (Å²) in [5.74, 6) is -1.89. The molecule has 2 rings (SSSR count). The van der Waals surface area contributed by atoms with Gasteiger partial charge >= 0.3 is 0 Å². The van der Waals surface area contributed by atoms with Gasteiger partial charge in [-0.3, -0.25) is 0 Å². The Hall–Kier alpha value is -0.680. The molecule has 0 aliphatic carbocycles. The standard InChI is InChI=1S/C12H8Cl2F2OS/c13-10-5-7(12(14)18-10)9(17)4-6-2-1-3-8(15)11(6)16/h1-3,5,9,17H,4H2. The highest BCUT2D eigenvalue weighted by Crippen LogP contribution is 2.36. The molecule has 1 atom stereocenters. The van der Waals surface area contributed by atoms with Crippen molar-refractivity contribution in [3.8, 4) is 0 Å². The van der Waals surface area contributed by atoms with E-state index < -0.39 is 17.7 Å². The van der Waals surface area contributed by atoms with E-state index in [0.29, 0.717) is 14.2 Å². The molecule has 1 N–H and O–H groups in total. The van der Waals surface area contributed by atoms with Crippen LogP contribution >= 0.6 is 34.5 Å². The van der Waals surface area contributed by atoms with Crippen LogP contribution in [0, 0.1) is 11.6 Å². The zero-order valence-electron chi connectivity index (χ0n) is 8.96. The number of thiophene rings is 1. The van der Waals surface area contributed by atoms with Crippen molar-refractivity contribution >= 4 is 34.5 Å². The molecular formula is C12H8Cl2F2OS. The fraction of sp³-hybridized carbons (Fsp3) is 0.167. The van der Waals surface area contributed by atoms with Gasteiger partial charge in [0.2, 0.25) is 0 Å². The molecule has 1 heterocycles. The molecule has 1 aromatic heterocycles. The monoisotopic (exact) mass is 308 g/mol. The van der Waals surface area contributed by atoms with Gasteiger partial charge in [0, 0.05) is 12.0 Å². The lowest BCUT2D eigenvalue weighted by atomic mass is 10.0. The molecule has 0 saturated carbocycles. The first kappa shape index (κ1) is 13.7. The summed E-state index contributed by atoms with van der Waals surface area (Å²) in [5, 5.41) is 9.96. The number of hydrogen-bond acceptors (Lipinski definition) is 2. The molecule has 6 heteroatoms. The molecule has 0 aliphatic rings. The van der Waals surface area contributed by atoms with Crippen LogP contribution in [0.4, 0.5) is 8.78 Å². The second-order valence-corrected chi connectivity index (χ2v) is 6.00. The number of rotatable bonds is 3. The molecule has 0 bridgehead atoms. The van der Waals surface area contributed by atoms with Gasteiger partial charge in [-0.1, -0.05) is 35.3 Å². The van der Waals surface area contributed by atoms with E-state index in [1.54, 1.807) is 0 Å². The summed E-state index contributed by atoms with van der Waals surface area (Å²) in [6.45, 7) is 0. The first-order chi connectivity index (χ1) is 8.49. The Labute approximate surface area is 117 Å². The highest BCUT2D eigenvalue weighted by Gasteiger charge is 2.18. The molecule has 0 amide bonds. The molecule has 0 fully saturated rings. The van der Waals surface area contributed by atoms with E-state index in [-0.39, 0.29) is 12.0 Å². The third kappa shape index (κ3) is 2.83. The van der Waals surface area contributed by atoms with Crippen LogP contribution in [0.3, 0.4) is 0 Å². The van der Waals surface area contributed by atoms with Gasteiger partial charge in [0.15, 0.2) is 11.6 Å². The predicted octanol–water partition coefficient (Wildman–Crippen LogP) is 4.61. The van der Waals surface area contributed by atoms with Crippen molar-refractivity contribution < 1.29 is 13.9 Å². The van der Waals surface area contributed by atoms with E-state index in [0.717, 1.165) is 17.4 Å². The highest BCUT2D eigenvalue weighted by atomic mass is 35.5. The lowest BCUT2D eigenvalue weighted by Crippen LogP contribution is -2.04. The summed E-state index contributed by atoms with van der Waals surface area (Å²) in [5.41, 5.74) is 0.524. The lowest BCUT2D eigenvalue weighted by Gasteiger charge is -2.10. The second-order valence-electron chi connectivity index (χ2n) is 3.71. The van der Waals surface area contributed by atoms with Crippen LogP contribution in [0.25, 0.3) is 0 Å². The van der Waals surface area contributed by atoms with Crippen LogP contribution < -0.4 is 0 Å². The maximum absolute atomic E-state index is 13.4. The maximum atomic E-state index is 13.4. The van der Waals surface area contributed by atoms with Gasteiger partial charge < -0.3 is 5.11 Å². The summed E-state index contributed by atoms with van der Waals surface area (Å²) in [6, 6.07) is 5.36. The minimum Gasteiger partial charge on any atom is -0.388 e. The van der Waals surface area contributed by atoms with Crippen molar-refractivity contribution in [2.45, 2.75) is 12.5 Å². The number of aliphatic hydroxyl groups excluding tert-OH is 1. The summed E-state index contributed by atoms with van der Waals surface area (Å²) in [7, 11) is 0. The third-order valence-electron chi connectivity index (χ3n) is 2.49. The van der Waals surface area contributed by atoms with E-state index >= 15 is 0 Å². The van der Waals surface area contributed by atoms with E-state index in [1.807, 2.05) is 0 Å². The molecule has 18 heavy (non-hydrogen) atoms. The first-order valence-electron chi connectivity index (χ1n) is 5.04. The summed E-state index contributed by atoms with van der Waals surface area (Å²) >= 11 is 12.8.